The summed E-state index contributed by atoms with van der Waals surface area (Å²) in [6.07, 6.45) is 1.08. The van der Waals surface area contributed by atoms with Gasteiger partial charge in [-0.25, -0.2) is 17.2 Å². The second-order valence-corrected chi connectivity index (χ2v) is 11.9. The molecule has 4 nitrogen and oxygen atoms in total. The van der Waals surface area contributed by atoms with Crippen molar-refractivity contribution in [2.45, 2.75) is 11.3 Å². The minimum absolute atomic E-state index is 0.0350. The lowest BCUT2D eigenvalue weighted by Gasteiger charge is -2.56. The monoisotopic (exact) mass is 524 g/mol. The third kappa shape index (κ3) is 4.99. The lowest BCUT2D eigenvalue weighted by molar-refractivity contribution is -0.0188. The zero-order valence-corrected chi connectivity index (χ0v) is 20.7. The maximum Gasteiger partial charge on any atom is 0.155 e. The van der Waals surface area contributed by atoms with E-state index < -0.39 is 32.1 Å². The van der Waals surface area contributed by atoms with Crippen LogP contribution in [0.15, 0.2) is 66.7 Å². The van der Waals surface area contributed by atoms with Crippen molar-refractivity contribution in [3.63, 3.8) is 0 Å². The molecule has 9 heteroatoms. The fourth-order valence-electron chi connectivity index (χ4n) is 5.03. The molecule has 1 aliphatic heterocycles. The topological polar surface area (TPSA) is 63.4 Å². The molecule has 0 spiro atoms. The molecule has 2 N–H and O–H groups in total. The maximum absolute atomic E-state index is 14.0. The van der Waals surface area contributed by atoms with Gasteiger partial charge in [0.25, 0.3) is 0 Å². The van der Waals surface area contributed by atoms with Crippen LogP contribution in [0.3, 0.4) is 0 Å². The molecule has 1 fully saturated rings. The summed E-state index contributed by atoms with van der Waals surface area (Å²) in [5, 5.41) is 0.0510. The van der Waals surface area contributed by atoms with Crippen molar-refractivity contribution in [2.24, 2.45) is 11.1 Å². The molecule has 3 aromatic rings. The number of benzene rings is 3. The first-order chi connectivity index (χ1) is 16.0. The fraction of sp³-hybridized carbons (Fsp3) is 0.280. The van der Waals surface area contributed by atoms with Crippen molar-refractivity contribution < 1.29 is 17.2 Å². The van der Waals surface area contributed by atoms with Gasteiger partial charge < -0.3 is 5.73 Å². The van der Waals surface area contributed by atoms with E-state index in [-0.39, 0.29) is 18.2 Å². The molecular weight excluding hydrogens is 501 g/mol. The van der Waals surface area contributed by atoms with E-state index >= 15 is 0 Å². The molecule has 0 bridgehead atoms. The van der Waals surface area contributed by atoms with Crippen LogP contribution in [0.5, 0.6) is 0 Å². The summed E-state index contributed by atoms with van der Waals surface area (Å²) < 4.78 is 53.8. The predicted octanol–water partition coefficient (Wildman–Crippen LogP) is 5.41. The Bertz CT molecular complexity index is 1210. The number of sulfone groups is 1. The number of hydrogen-bond acceptors (Lipinski definition) is 4. The first kappa shape index (κ1) is 25.1. The molecule has 0 saturated carbocycles. The van der Waals surface area contributed by atoms with Gasteiger partial charge in [-0.2, -0.15) is 0 Å². The molecule has 1 aliphatic rings. The van der Waals surface area contributed by atoms with E-state index in [1.807, 2.05) is 24.3 Å². The number of rotatable bonds is 7. The van der Waals surface area contributed by atoms with E-state index in [1.165, 1.54) is 0 Å². The van der Waals surface area contributed by atoms with Crippen LogP contribution in [0.25, 0.3) is 0 Å². The smallest absolute Gasteiger partial charge is 0.155 e. The van der Waals surface area contributed by atoms with Crippen LogP contribution < -0.4 is 5.73 Å². The summed E-state index contributed by atoms with van der Waals surface area (Å²) in [6.45, 7) is 0.665. The van der Waals surface area contributed by atoms with Gasteiger partial charge in [-0.3, -0.25) is 4.90 Å². The summed E-state index contributed by atoms with van der Waals surface area (Å²) >= 11 is 12.2. The van der Waals surface area contributed by atoms with Gasteiger partial charge in [0.1, 0.15) is 11.6 Å². The molecule has 180 valence electrons. The standard InChI is InChI=1S/C25H24Cl2F2N2O2S/c1-34(32,33)24(18-10-21(28)12-22(29)11-18)25(13-30)14-31(15-25)23(16-2-6-19(26)7-3-16)17-4-8-20(27)9-5-17/h2-12,23-24H,13-15,30H2,1H3. The van der Waals surface area contributed by atoms with Crippen molar-refractivity contribution in [1.82, 2.24) is 4.90 Å². The van der Waals surface area contributed by atoms with E-state index in [0.717, 1.165) is 35.6 Å². The molecule has 1 saturated heterocycles. The van der Waals surface area contributed by atoms with Crippen LogP contribution in [-0.4, -0.2) is 39.2 Å². The third-order valence-electron chi connectivity index (χ3n) is 6.35. The van der Waals surface area contributed by atoms with Crippen molar-refractivity contribution in [2.75, 3.05) is 25.9 Å². The maximum atomic E-state index is 14.0. The number of hydrogen-bond donors (Lipinski definition) is 1. The van der Waals surface area contributed by atoms with Crippen LogP contribution in [-0.2, 0) is 9.84 Å². The van der Waals surface area contributed by atoms with E-state index in [1.54, 1.807) is 24.3 Å². The van der Waals surface area contributed by atoms with Crippen molar-refractivity contribution >= 4 is 33.0 Å². The van der Waals surface area contributed by atoms with Gasteiger partial charge >= 0.3 is 0 Å². The second-order valence-electron chi connectivity index (χ2n) is 8.89. The van der Waals surface area contributed by atoms with Gasteiger partial charge in [-0.1, -0.05) is 47.5 Å². The van der Waals surface area contributed by atoms with Crippen LogP contribution in [0.4, 0.5) is 8.78 Å². The van der Waals surface area contributed by atoms with Crippen molar-refractivity contribution in [3.05, 3.63) is 105 Å². The van der Waals surface area contributed by atoms with Gasteiger partial charge in [-0.15, -0.1) is 0 Å². The average molecular weight is 525 g/mol. The zero-order valence-electron chi connectivity index (χ0n) is 18.4. The van der Waals surface area contributed by atoms with E-state index in [4.69, 9.17) is 28.9 Å². The van der Waals surface area contributed by atoms with Gasteiger partial charge in [0.15, 0.2) is 9.84 Å². The third-order valence-corrected chi connectivity index (χ3v) is 8.48. The highest BCUT2D eigenvalue weighted by Gasteiger charge is 2.54. The summed E-state index contributed by atoms with van der Waals surface area (Å²) in [5.74, 6) is -1.65. The van der Waals surface area contributed by atoms with Gasteiger partial charge in [0, 0.05) is 47.4 Å². The summed E-state index contributed by atoms with van der Waals surface area (Å²) in [6, 6.07) is 17.5. The SMILES string of the molecule is CS(=O)(=O)C(c1cc(F)cc(F)c1)C1(CN)CN(C(c2ccc(Cl)cc2)c2ccc(Cl)cc2)C1. The molecule has 0 radical (unpaired) electrons. The van der Waals surface area contributed by atoms with Gasteiger partial charge in [-0.05, 0) is 53.1 Å². The number of halogens is 4. The minimum Gasteiger partial charge on any atom is -0.330 e. The fourth-order valence-corrected chi connectivity index (χ4v) is 7.07. The Balaban J connectivity index is 1.73. The van der Waals surface area contributed by atoms with Gasteiger partial charge in [0.05, 0.1) is 11.3 Å². The number of nitrogens with two attached hydrogens (primary N) is 1. The molecule has 0 aliphatic carbocycles. The lowest BCUT2D eigenvalue weighted by atomic mass is 9.72. The highest BCUT2D eigenvalue weighted by Crippen LogP contribution is 2.50. The number of likely N-dealkylation sites (tertiary alicyclic amines) is 1. The van der Waals surface area contributed by atoms with Crippen LogP contribution in [0, 0.1) is 17.0 Å². The largest absolute Gasteiger partial charge is 0.330 e. The molecular formula is C25H24Cl2F2N2O2S. The first-order valence-corrected chi connectivity index (χ1v) is 13.3. The minimum atomic E-state index is -3.75. The van der Waals surface area contributed by atoms with E-state index in [2.05, 4.69) is 4.90 Å². The van der Waals surface area contributed by atoms with Gasteiger partial charge in [0.2, 0.25) is 0 Å². The summed E-state index contributed by atoms with van der Waals surface area (Å²) in [7, 11) is -3.75. The van der Waals surface area contributed by atoms with E-state index in [9.17, 15) is 17.2 Å². The lowest BCUT2D eigenvalue weighted by Crippen LogP contribution is -2.64. The molecule has 4 rings (SSSR count). The number of nitrogens with zero attached hydrogens (tertiary/aromatic N) is 1. The Hall–Kier alpha value is -2.03. The average Bonchev–Trinajstić information content (AvgIpc) is 2.72. The molecule has 1 atom stereocenters. The molecule has 1 unspecified atom stereocenters. The molecule has 0 aromatic heterocycles. The van der Waals surface area contributed by atoms with Crippen molar-refractivity contribution in [1.29, 1.82) is 0 Å². The second kappa shape index (κ2) is 9.55. The summed E-state index contributed by atoms with van der Waals surface area (Å²) in [5.41, 5.74) is 7.23. The molecule has 0 amide bonds. The molecule has 3 aromatic carbocycles. The Morgan fingerprint density at radius 1 is 0.882 bits per heavy atom. The highest BCUT2D eigenvalue weighted by molar-refractivity contribution is 7.91. The Kier molecular flexibility index (Phi) is 7.04. The Labute approximate surface area is 208 Å². The van der Waals surface area contributed by atoms with Crippen LogP contribution in [0.1, 0.15) is 28.0 Å². The first-order valence-electron chi connectivity index (χ1n) is 10.6. The zero-order chi connectivity index (χ0) is 24.7. The summed E-state index contributed by atoms with van der Waals surface area (Å²) in [4.78, 5) is 2.10. The Morgan fingerprint density at radius 2 is 1.32 bits per heavy atom. The van der Waals surface area contributed by atoms with Crippen LogP contribution >= 0.6 is 23.2 Å². The quantitative estimate of drug-likeness (QED) is 0.448. The highest BCUT2D eigenvalue weighted by atomic mass is 35.5. The molecule has 34 heavy (non-hydrogen) atoms. The van der Waals surface area contributed by atoms with Crippen molar-refractivity contribution in [3.8, 4) is 0 Å². The predicted molar refractivity (Wildman–Crippen MR) is 132 cm³/mol. The van der Waals surface area contributed by atoms with E-state index in [0.29, 0.717) is 23.1 Å². The Morgan fingerprint density at radius 3 is 1.71 bits per heavy atom. The molecule has 1 heterocycles. The van der Waals surface area contributed by atoms with Crippen LogP contribution in [0.2, 0.25) is 10.0 Å². The normalized spacial score (nSPS) is 16.9.